The van der Waals surface area contributed by atoms with Crippen LogP contribution in [0, 0.1) is 22.7 Å². The van der Waals surface area contributed by atoms with Gasteiger partial charge in [-0.15, -0.1) is 0 Å². The minimum Gasteiger partial charge on any atom is -0.497 e. The molecule has 0 spiro atoms. The van der Waals surface area contributed by atoms with Gasteiger partial charge in [0.15, 0.2) is 11.2 Å². The number of Topliss-reactive ketones (excluding diaryl/α,β-unsaturated/α-hetero) is 1. The molecule has 0 aliphatic heterocycles. The summed E-state index contributed by atoms with van der Waals surface area (Å²) in [6.45, 7) is 1.67. The van der Waals surface area contributed by atoms with Gasteiger partial charge in [-0.25, -0.2) is 0 Å². The van der Waals surface area contributed by atoms with Gasteiger partial charge in [0, 0.05) is 27.4 Å². The molecule has 4 aromatic rings. The smallest absolute Gasteiger partial charge is 0.327 e. The molecule has 1 fully saturated rings. The summed E-state index contributed by atoms with van der Waals surface area (Å²) in [6.07, 6.45) is -0.163. The third kappa shape index (κ3) is 5.85. The SMILES string of the molecule is CCOC(=O)C1(C#N)C(c2ccc(OC)cc2)CC(O)(c2ccc(Cl)cc2)C(C(=O)c2ccc(Cl)cc2)C1c1ccc(OC)cc1. The Morgan fingerprint density at radius 2 is 1.33 bits per heavy atom. The number of ketones is 1. The van der Waals surface area contributed by atoms with Gasteiger partial charge in [-0.3, -0.25) is 9.59 Å². The second-order valence-corrected chi connectivity index (χ2v) is 12.1. The third-order valence-electron chi connectivity index (χ3n) is 8.95. The molecule has 1 aliphatic carbocycles. The zero-order valence-corrected chi connectivity index (χ0v) is 27.1. The number of ether oxygens (including phenoxy) is 3. The summed E-state index contributed by atoms with van der Waals surface area (Å²) < 4.78 is 16.4. The number of halogens is 2. The van der Waals surface area contributed by atoms with Crippen LogP contribution >= 0.6 is 23.2 Å². The second kappa shape index (κ2) is 13.6. The molecule has 1 saturated carbocycles. The maximum atomic E-state index is 14.9. The van der Waals surface area contributed by atoms with Gasteiger partial charge in [-0.05, 0) is 90.7 Å². The summed E-state index contributed by atoms with van der Waals surface area (Å²) in [7, 11) is 3.07. The lowest BCUT2D eigenvalue weighted by Crippen LogP contribution is -2.59. The molecule has 5 unspecified atom stereocenters. The van der Waals surface area contributed by atoms with E-state index >= 15 is 0 Å². The van der Waals surface area contributed by atoms with Crippen molar-refractivity contribution in [1.29, 1.82) is 5.26 Å². The average Bonchev–Trinajstić information content (AvgIpc) is 3.08. The highest BCUT2D eigenvalue weighted by molar-refractivity contribution is 6.31. The van der Waals surface area contributed by atoms with Crippen LogP contribution in [0.2, 0.25) is 10.0 Å². The number of benzene rings is 4. The number of nitriles is 1. The Morgan fingerprint density at radius 1 is 0.826 bits per heavy atom. The molecule has 5 atom stereocenters. The van der Waals surface area contributed by atoms with Crippen LogP contribution in [0.1, 0.15) is 52.2 Å². The molecule has 0 aromatic heterocycles. The summed E-state index contributed by atoms with van der Waals surface area (Å²) in [6, 6.07) is 29.1. The molecule has 5 rings (SSSR count). The predicted octanol–water partition coefficient (Wildman–Crippen LogP) is 7.74. The standard InChI is InChI=1S/C37H33Cl2NO6/c1-4-46-35(42)36(22-40)31(23-7-17-29(44-2)18-8-23)21-37(43,26-11-15-28(39)16-12-26)33(34(41)25-5-13-27(38)14-6-25)32(36)24-9-19-30(45-3)20-10-24/h5-20,31-33,43H,4,21H2,1-3H3. The van der Waals surface area contributed by atoms with E-state index in [2.05, 4.69) is 6.07 Å². The van der Waals surface area contributed by atoms with Gasteiger partial charge in [0.25, 0.3) is 0 Å². The second-order valence-electron chi connectivity index (χ2n) is 11.3. The van der Waals surface area contributed by atoms with E-state index < -0.39 is 40.5 Å². The number of hydrogen-bond donors (Lipinski definition) is 1. The molecule has 0 heterocycles. The first-order valence-corrected chi connectivity index (χ1v) is 15.5. The van der Waals surface area contributed by atoms with E-state index in [-0.39, 0.29) is 18.6 Å². The lowest BCUT2D eigenvalue weighted by Gasteiger charge is -2.54. The van der Waals surface area contributed by atoms with Crippen LogP contribution in [0.4, 0.5) is 0 Å². The van der Waals surface area contributed by atoms with Crippen molar-refractivity contribution in [3.05, 3.63) is 129 Å². The van der Waals surface area contributed by atoms with Gasteiger partial charge in [0.2, 0.25) is 0 Å². The quantitative estimate of drug-likeness (QED) is 0.145. The fourth-order valence-corrected chi connectivity index (χ4v) is 7.00. The van der Waals surface area contributed by atoms with E-state index in [9.17, 15) is 20.0 Å². The van der Waals surface area contributed by atoms with Crippen molar-refractivity contribution in [1.82, 2.24) is 0 Å². The maximum Gasteiger partial charge on any atom is 0.327 e. The number of carbonyl (C=O) groups is 2. The van der Waals surface area contributed by atoms with E-state index in [1.807, 2.05) is 0 Å². The highest BCUT2D eigenvalue weighted by Crippen LogP contribution is 2.64. The van der Waals surface area contributed by atoms with Crippen molar-refractivity contribution >= 4 is 35.0 Å². The van der Waals surface area contributed by atoms with Gasteiger partial charge < -0.3 is 19.3 Å². The highest BCUT2D eigenvalue weighted by Gasteiger charge is 2.67. The number of carbonyl (C=O) groups excluding carboxylic acids is 2. The van der Waals surface area contributed by atoms with Gasteiger partial charge in [-0.1, -0.05) is 59.6 Å². The Hall–Kier alpha value is -4.35. The first kappa shape index (κ1) is 33.0. The van der Waals surface area contributed by atoms with E-state index in [1.54, 1.807) is 111 Å². The van der Waals surface area contributed by atoms with Gasteiger partial charge in [0.05, 0.1) is 32.8 Å². The van der Waals surface area contributed by atoms with Gasteiger partial charge in [-0.2, -0.15) is 5.26 Å². The van der Waals surface area contributed by atoms with Crippen molar-refractivity contribution in [2.75, 3.05) is 20.8 Å². The number of hydrogen-bond acceptors (Lipinski definition) is 7. The first-order valence-electron chi connectivity index (χ1n) is 14.8. The molecular formula is C37H33Cl2NO6. The van der Waals surface area contributed by atoms with E-state index in [4.69, 9.17) is 37.4 Å². The molecule has 1 aliphatic rings. The molecule has 9 heteroatoms. The lowest BCUT2D eigenvalue weighted by molar-refractivity contribution is -0.164. The van der Waals surface area contributed by atoms with Crippen molar-refractivity contribution in [2.45, 2.75) is 30.8 Å². The summed E-state index contributed by atoms with van der Waals surface area (Å²) >= 11 is 12.4. The zero-order valence-electron chi connectivity index (χ0n) is 25.6. The van der Waals surface area contributed by atoms with Crippen molar-refractivity contribution in [3.63, 3.8) is 0 Å². The van der Waals surface area contributed by atoms with Crippen LogP contribution < -0.4 is 9.47 Å². The Kier molecular flexibility index (Phi) is 9.74. The molecule has 0 amide bonds. The highest BCUT2D eigenvalue weighted by atomic mass is 35.5. The fourth-order valence-electron chi connectivity index (χ4n) is 6.75. The van der Waals surface area contributed by atoms with E-state index in [0.29, 0.717) is 38.2 Å². The van der Waals surface area contributed by atoms with Gasteiger partial charge in [0.1, 0.15) is 17.1 Å². The molecule has 1 N–H and O–H groups in total. The Bertz CT molecular complexity index is 1740. The molecular weight excluding hydrogens is 625 g/mol. The molecule has 7 nitrogen and oxygen atoms in total. The fraction of sp³-hybridized carbons (Fsp3) is 0.270. The number of methoxy groups -OCH3 is 2. The van der Waals surface area contributed by atoms with Crippen molar-refractivity contribution in [3.8, 4) is 17.6 Å². The van der Waals surface area contributed by atoms with Crippen LogP contribution in [-0.4, -0.2) is 37.7 Å². The third-order valence-corrected chi connectivity index (χ3v) is 9.45. The Morgan fingerprint density at radius 3 is 1.80 bits per heavy atom. The van der Waals surface area contributed by atoms with Crippen LogP contribution in [0.3, 0.4) is 0 Å². The number of rotatable bonds is 9. The average molecular weight is 659 g/mol. The van der Waals surface area contributed by atoms with Crippen molar-refractivity contribution < 1.29 is 28.9 Å². The number of esters is 1. The monoisotopic (exact) mass is 657 g/mol. The molecule has 46 heavy (non-hydrogen) atoms. The number of aliphatic hydroxyl groups is 1. The lowest BCUT2D eigenvalue weighted by atomic mass is 9.47. The topological polar surface area (TPSA) is 106 Å². The van der Waals surface area contributed by atoms with Gasteiger partial charge >= 0.3 is 5.97 Å². The van der Waals surface area contributed by atoms with Crippen LogP contribution in [0.15, 0.2) is 97.1 Å². The Balaban J connectivity index is 1.88. The minimum atomic E-state index is -1.95. The minimum absolute atomic E-state index is 0.00414. The van der Waals surface area contributed by atoms with Crippen molar-refractivity contribution in [2.24, 2.45) is 11.3 Å². The summed E-state index contributed by atoms with van der Waals surface area (Å²) in [5.41, 5.74) is -2.09. The zero-order chi connectivity index (χ0) is 33.1. The molecule has 0 bridgehead atoms. The van der Waals surface area contributed by atoms with Crippen LogP contribution in [-0.2, 0) is 15.1 Å². The molecule has 4 aromatic carbocycles. The molecule has 0 saturated heterocycles. The Labute approximate surface area is 278 Å². The maximum absolute atomic E-state index is 14.9. The van der Waals surface area contributed by atoms with Crippen LogP contribution in [0.5, 0.6) is 11.5 Å². The predicted molar refractivity (Wildman–Crippen MR) is 175 cm³/mol. The normalized spacial score (nSPS) is 24.0. The first-order chi connectivity index (χ1) is 22.1. The largest absolute Gasteiger partial charge is 0.497 e. The van der Waals surface area contributed by atoms with E-state index in [1.165, 1.54) is 7.11 Å². The number of nitrogens with zero attached hydrogens (tertiary/aromatic N) is 1. The van der Waals surface area contributed by atoms with Crippen LogP contribution in [0.25, 0.3) is 0 Å². The summed E-state index contributed by atoms with van der Waals surface area (Å²) in [5, 5.41) is 25.2. The molecule has 236 valence electrons. The molecule has 0 radical (unpaired) electrons. The summed E-state index contributed by atoms with van der Waals surface area (Å²) in [5.74, 6) is -3.58. The summed E-state index contributed by atoms with van der Waals surface area (Å²) in [4.78, 5) is 29.2. The van der Waals surface area contributed by atoms with E-state index in [0.717, 1.165) is 0 Å².